The Morgan fingerprint density at radius 1 is 1.36 bits per heavy atom. The van der Waals surface area contributed by atoms with Gasteiger partial charge in [0.05, 0.1) is 0 Å². The Kier molecular flexibility index (Phi) is 4.56. The molecule has 1 heterocycles. The van der Waals surface area contributed by atoms with Crippen LogP contribution in [0.25, 0.3) is 0 Å². The van der Waals surface area contributed by atoms with Crippen molar-refractivity contribution in [1.82, 2.24) is 4.90 Å². The van der Waals surface area contributed by atoms with Crippen molar-refractivity contribution in [1.29, 1.82) is 0 Å². The highest BCUT2D eigenvalue weighted by Crippen LogP contribution is 2.29. The van der Waals surface area contributed by atoms with Gasteiger partial charge in [-0.15, -0.1) is 0 Å². The number of carbonyl (C=O) groups is 2. The Balaban J connectivity index is 2.17. The zero-order chi connectivity index (χ0) is 16.5. The van der Waals surface area contributed by atoms with Crippen LogP contribution in [-0.4, -0.2) is 43.4 Å². The molecule has 0 atom stereocenters. The molecule has 1 aromatic rings. The minimum atomic E-state index is -0.105. The van der Waals surface area contributed by atoms with Gasteiger partial charge in [-0.3, -0.25) is 9.59 Å². The number of benzene rings is 1. The average Bonchev–Trinajstić information content (AvgIpc) is 2.89. The molecule has 1 aromatic carbocycles. The van der Waals surface area contributed by atoms with E-state index in [0.717, 1.165) is 17.7 Å². The average molecular weight is 303 g/mol. The second-order valence-electron chi connectivity index (χ2n) is 6.79. The highest BCUT2D eigenvalue weighted by molar-refractivity contribution is 5.97. The molecule has 0 saturated heterocycles. The molecule has 0 fully saturated rings. The summed E-state index contributed by atoms with van der Waals surface area (Å²) in [5, 5.41) is 0. The maximum absolute atomic E-state index is 12.6. The molecule has 5 heteroatoms. The van der Waals surface area contributed by atoms with Gasteiger partial charge in [0.2, 0.25) is 5.91 Å². The van der Waals surface area contributed by atoms with E-state index < -0.39 is 0 Å². The summed E-state index contributed by atoms with van der Waals surface area (Å²) in [6.07, 6.45) is 0.800. The predicted octanol–water partition coefficient (Wildman–Crippen LogP) is 1.65. The molecule has 1 aliphatic rings. The van der Waals surface area contributed by atoms with Gasteiger partial charge in [-0.05, 0) is 42.1 Å². The Morgan fingerprint density at radius 3 is 2.64 bits per heavy atom. The minimum Gasteiger partial charge on any atom is -0.341 e. The highest BCUT2D eigenvalue weighted by Gasteiger charge is 2.25. The quantitative estimate of drug-likeness (QED) is 0.920. The van der Waals surface area contributed by atoms with Crippen molar-refractivity contribution in [3.8, 4) is 0 Å². The van der Waals surface area contributed by atoms with Gasteiger partial charge in [-0.1, -0.05) is 13.8 Å². The van der Waals surface area contributed by atoms with E-state index in [1.54, 1.807) is 29.8 Å². The highest BCUT2D eigenvalue weighted by atomic mass is 16.2. The summed E-state index contributed by atoms with van der Waals surface area (Å²) >= 11 is 0. The van der Waals surface area contributed by atoms with E-state index in [-0.39, 0.29) is 17.2 Å². The van der Waals surface area contributed by atoms with Gasteiger partial charge in [0.15, 0.2) is 0 Å². The van der Waals surface area contributed by atoms with Crippen molar-refractivity contribution in [2.45, 2.75) is 27.2 Å². The normalized spacial score (nSPS) is 14.0. The van der Waals surface area contributed by atoms with Crippen LogP contribution in [0.5, 0.6) is 0 Å². The molecular weight excluding hydrogens is 278 g/mol. The van der Waals surface area contributed by atoms with Crippen LogP contribution in [0, 0.1) is 5.41 Å². The van der Waals surface area contributed by atoms with Crippen LogP contribution in [0.15, 0.2) is 18.2 Å². The molecule has 0 unspecified atom stereocenters. The fraction of sp³-hybridized carbons (Fsp3) is 0.529. The molecular formula is C17H25N3O2. The van der Waals surface area contributed by atoms with Crippen molar-refractivity contribution in [3.63, 3.8) is 0 Å². The molecule has 2 N–H and O–H groups in total. The summed E-state index contributed by atoms with van der Waals surface area (Å²) in [4.78, 5) is 27.6. The molecule has 0 radical (unpaired) electrons. The first-order chi connectivity index (χ1) is 10.2. The Hall–Kier alpha value is -1.88. The standard InChI is InChI=1S/C17H25N3O2/c1-12(21)20-8-7-13-9-14(5-6-15(13)20)16(22)19(4)11-17(2,3)10-18/h5-6,9H,7-8,10-11,18H2,1-4H3. The van der Waals surface area contributed by atoms with Gasteiger partial charge in [-0.2, -0.15) is 0 Å². The van der Waals surface area contributed by atoms with E-state index in [1.807, 2.05) is 26.0 Å². The molecule has 5 nitrogen and oxygen atoms in total. The summed E-state index contributed by atoms with van der Waals surface area (Å²) in [7, 11) is 1.80. The monoisotopic (exact) mass is 303 g/mol. The van der Waals surface area contributed by atoms with Crippen LogP contribution in [0.2, 0.25) is 0 Å². The molecule has 2 amide bonds. The fourth-order valence-corrected chi connectivity index (χ4v) is 2.86. The fourth-order valence-electron chi connectivity index (χ4n) is 2.86. The van der Waals surface area contributed by atoms with Gasteiger partial charge in [0.1, 0.15) is 0 Å². The van der Waals surface area contributed by atoms with Gasteiger partial charge < -0.3 is 15.5 Å². The number of anilines is 1. The lowest BCUT2D eigenvalue weighted by atomic mass is 9.93. The molecule has 0 aliphatic carbocycles. The first kappa shape index (κ1) is 16.5. The van der Waals surface area contributed by atoms with Crippen molar-refractivity contribution >= 4 is 17.5 Å². The maximum Gasteiger partial charge on any atom is 0.253 e. The second-order valence-corrected chi connectivity index (χ2v) is 6.79. The lowest BCUT2D eigenvalue weighted by molar-refractivity contribution is -0.116. The molecule has 0 bridgehead atoms. The number of nitrogens with zero attached hydrogens (tertiary/aromatic N) is 2. The molecule has 120 valence electrons. The number of amides is 2. The SMILES string of the molecule is CC(=O)N1CCc2cc(C(=O)N(C)CC(C)(C)CN)ccc21. The van der Waals surface area contributed by atoms with Crippen molar-refractivity contribution < 1.29 is 9.59 Å². The first-order valence-corrected chi connectivity index (χ1v) is 7.62. The summed E-state index contributed by atoms with van der Waals surface area (Å²) in [6, 6.07) is 5.58. The van der Waals surface area contributed by atoms with Gasteiger partial charge in [0, 0.05) is 38.3 Å². The number of nitrogens with two attached hydrogens (primary N) is 1. The smallest absolute Gasteiger partial charge is 0.253 e. The van der Waals surface area contributed by atoms with E-state index in [0.29, 0.717) is 25.2 Å². The van der Waals surface area contributed by atoms with Gasteiger partial charge in [-0.25, -0.2) is 0 Å². The van der Waals surface area contributed by atoms with E-state index in [2.05, 4.69) is 0 Å². The van der Waals surface area contributed by atoms with Crippen molar-refractivity contribution in [2.75, 3.05) is 31.6 Å². The second kappa shape index (κ2) is 6.08. The zero-order valence-corrected chi connectivity index (χ0v) is 13.8. The topological polar surface area (TPSA) is 66.6 Å². The van der Waals surface area contributed by atoms with Crippen LogP contribution >= 0.6 is 0 Å². The van der Waals surface area contributed by atoms with E-state index in [9.17, 15) is 9.59 Å². The van der Waals surface area contributed by atoms with Gasteiger partial charge in [0.25, 0.3) is 5.91 Å². The summed E-state index contributed by atoms with van der Waals surface area (Å²) in [6.45, 7) is 7.49. The van der Waals surface area contributed by atoms with Gasteiger partial charge >= 0.3 is 0 Å². The number of hydrogen-bond acceptors (Lipinski definition) is 3. The van der Waals surface area contributed by atoms with E-state index in [1.165, 1.54) is 0 Å². The first-order valence-electron chi connectivity index (χ1n) is 7.62. The predicted molar refractivity (Wildman–Crippen MR) is 88.0 cm³/mol. The summed E-state index contributed by atoms with van der Waals surface area (Å²) in [5.41, 5.74) is 8.28. The Morgan fingerprint density at radius 2 is 2.05 bits per heavy atom. The van der Waals surface area contributed by atoms with Crippen LogP contribution in [-0.2, 0) is 11.2 Å². The molecule has 2 rings (SSSR count). The minimum absolute atomic E-state index is 0.00870. The number of rotatable bonds is 4. The number of hydrogen-bond donors (Lipinski definition) is 1. The van der Waals surface area contributed by atoms with Crippen LogP contribution in [0.4, 0.5) is 5.69 Å². The van der Waals surface area contributed by atoms with Crippen LogP contribution in [0.1, 0.15) is 36.7 Å². The zero-order valence-electron chi connectivity index (χ0n) is 13.8. The third kappa shape index (κ3) is 3.30. The Labute approximate surface area is 132 Å². The molecule has 1 aliphatic heterocycles. The molecule has 0 spiro atoms. The van der Waals surface area contributed by atoms with E-state index >= 15 is 0 Å². The third-order valence-corrected chi connectivity index (χ3v) is 4.17. The molecule has 22 heavy (non-hydrogen) atoms. The van der Waals surface area contributed by atoms with Crippen LogP contribution in [0.3, 0.4) is 0 Å². The summed E-state index contributed by atoms with van der Waals surface area (Å²) in [5.74, 6) is 0.0326. The molecule has 0 saturated carbocycles. The van der Waals surface area contributed by atoms with Crippen molar-refractivity contribution in [3.05, 3.63) is 29.3 Å². The lowest BCUT2D eigenvalue weighted by Gasteiger charge is -2.29. The van der Waals surface area contributed by atoms with Crippen LogP contribution < -0.4 is 10.6 Å². The number of carbonyl (C=O) groups excluding carboxylic acids is 2. The Bertz CT molecular complexity index is 596. The summed E-state index contributed by atoms with van der Waals surface area (Å²) < 4.78 is 0. The largest absolute Gasteiger partial charge is 0.341 e. The molecule has 0 aromatic heterocycles. The lowest BCUT2D eigenvalue weighted by Crippen LogP contribution is -2.39. The number of fused-ring (bicyclic) bond motifs is 1. The maximum atomic E-state index is 12.6. The van der Waals surface area contributed by atoms with Crippen molar-refractivity contribution in [2.24, 2.45) is 11.1 Å². The van der Waals surface area contributed by atoms with E-state index in [4.69, 9.17) is 5.73 Å². The third-order valence-electron chi connectivity index (χ3n) is 4.17.